The molecule has 0 unspecified atom stereocenters. The molecule has 0 saturated carbocycles. The van der Waals surface area contributed by atoms with Crippen molar-refractivity contribution in [3.8, 4) is 0 Å². The highest BCUT2D eigenvalue weighted by Crippen LogP contribution is 2.22. The summed E-state index contributed by atoms with van der Waals surface area (Å²) < 4.78 is 0. The van der Waals surface area contributed by atoms with Crippen molar-refractivity contribution < 1.29 is 9.90 Å². The summed E-state index contributed by atoms with van der Waals surface area (Å²) in [6.45, 7) is 6.09. The second-order valence-corrected chi connectivity index (χ2v) is 4.90. The Morgan fingerprint density at radius 2 is 2.00 bits per heavy atom. The minimum atomic E-state index is 0.215. The summed E-state index contributed by atoms with van der Waals surface area (Å²) >= 11 is 0. The SMILES string of the molecule is CCCC(CCC)C(=O)N1CC[C@@H](CO)C1. The molecule has 1 rings (SSSR count). The minimum Gasteiger partial charge on any atom is -0.396 e. The quantitative estimate of drug-likeness (QED) is 0.754. The van der Waals surface area contributed by atoms with Gasteiger partial charge in [0.05, 0.1) is 0 Å². The molecule has 1 atom stereocenters. The number of hydrogen-bond donors (Lipinski definition) is 1. The van der Waals surface area contributed by atoms with Crippen LogP contribution < -0.4 is 0 Å². The first-order valence-electron chi connectivity index (χ1n) is 6.62. The fraction of sp³-hybridized carbons (Fsp3) is 0.923. The molecule has 1 saturated heterocycles. The molecule has 0 bridgehead atoms. The van der Waals surface area contributed by atoms with Crippen molar-refractivity contribution in [2.45, 2.75) is 46.0 Å². The molecule has 1 aliphatic heterocycles. The predicted molar refractivity (Wildman–Crippen MR) is 65.1 cm³/mol. The van der Waals surface area contributed by atoms with Crippen molar-refractivity contribution in [1.29, 1.82) is 0 Å². The summed E-state index contributed by atoms with van der Waals surface area (Å²) in [6, 6.07) is 0. The van der Waals surface area contributed by atoms with E-state index in [1.54, 1.807) is 0 Å². The largest absolute Gasteiger partial charge is 0.396 e. The van der Waals surface area contributed by atoms with Gasteiger partial charge in [-0.1, -0.05) is 26.7 Å². The first-order valence-corrected chi connectivity index (χ1v) is 6.62. The Hall–Kier alpha value is -0.570. The third-order valence-corrected chi connectivity index (χ3v) is 3.48. The topological polar surface area (TPSA) is 40.5 Å². The van der Waals surface area contributed by atoms with Gasteiger partial charge >= 0.3 is 0 Å². The van der Waals surface area contributed by atoms with Crippen LogP contribution in [0.4, 0.5) is 0 Å². The lowest BCUT2D eigenvalue weighted by Crippen LogP contribution is -2.34. The average molecular weight is 227 g/mol. The van der Waals surface area contributed by atoms with Crippen LogP contribution in [0.15, 0.2) is 0 Å². The molecule has 3 nitrogen and oxygen atoms in total. The second kappa shape index (κ2) is 6.89. The van der Waals surface area contributed by atoms with Gasteiger partial charge in [-0.2, -0.15) is 0 Å². The van der Waals surface area contributed by atoms with Crippen molar-refractivity contribution in [3.63, 3.8) is 0 Å². The molecule has 0 aromatic carbocycles. The zero-order valence-corrected chi connectivity index (χ0v) is 10.6. The fourth-order valence-corrected chi connectivity index (χ4v) is 2.53. The van der Waals surface area contributed by atoms with Crippen molar-refractivity contribution in [1.82, 2.24) is 4.90 Å². The molecule has 1 amide bonds. The Labute approximate surface area is 98.8 Å². The van der Waals surface area contributed by atoms with Gasteiger partial charge in [0, 0.05) is 31.5 Å². The Kier molecular flexibility index (Phi) is 5.81. The maximum atomic E-state index is 12.2. The van der Waals surface area contributed by atoms with E-state index in [2.05, 4.69) is 13.8 Å². The van der Waals surface area contributed by atoms with E-state index >= 15 is 0 Å². The van der Waals surface area contributed by atoms with Crippen LogP contribution in [0.2, 0.25) is 0 Å². The van der Waals surface area contributed by atoms with E-state index in [1.165, 1.54) is 0 Å². The second-order valence-electron chi connectivity index (χ2n) is 4.90. The summed E-state index contributed by atoms with van der Waals surface area (Å²) in [5, 5.41) is 9.07. The zero-order valence-electron chi connectivity index (χ0n) is 10.6. The van der Waals surface area contributed by atoms with Crippen LogP contribution in [0.1, 0.15) is 46.0 Å². The monoisotopic (exact) mass is 227 g/mol. The summed E-state index contributed by atoms with van der Waals surface area (Å²) in [6.07, 6.45) is 5.13. The molecular formula is C13H25NO2. The number of amides is 1. The highest BCUT2D eigenvalue weighted by Gasteiger charge is 2.29. The third kappa shape index (κ3) is 3.48. The standard InChI is InChI=1S/C13H25NO2/c1-3-5-12(6-4-2)13(16)14-8-7-11(9-14)10-15/h11-12,15H,3-10H2,1-2H3/t11-/m1/s1. The first-order chi connectivity index (χ1) is 7.72. The smallest absolute Gasteiger partial charge is 0.225 e. The van der Waals surface area contributed by atoms with Crippen molar-refractivity contribution in [2.75, 3.05) is 19.7 Å². The molecular weight excluding hydrogens is 202 g/mol. The molecule has 16 heavy (non-hydrogen) atoms. The van der Waals surface area contributed by atoms with Crippen LogP contribution in [0.5, 0.6) is 0 Å². The molecule has 0 aromatic rings. The van der Waals surface area contributed by atoms with Crippen molar-refractivity contribution in [3.05, 3.63) is 0 Å². The average Bonchev–Trinajstić information content (AvgIpc) is 2.76. The summed E-state index contributed by atoms with van der Waals surface area (Å²) in [5.41, 5.74) is 0. The molecule has 0 radical (unpaired) electrons. The lowest BCUT2D eigenvalue weighted by molar-refractivity contribution is -0.135. The molecule has 1 fully saturated rings. The number of aliphatic hydroxyl groups is 1. The van der Waals surface area contributed by atoms with E-state index in [0.29, 0.717) is 11.8 Å². The first kappa shape index (κ1) is 13.5. The fourth-order valence-electron chi connectivity index (χ4n) is 2.53. The zero-order chi connectivity index (χ0) is 12.0. The van der Waals surface area contributed by atoms with Crippen LogP contribution >= 0.6 is 0 Å². The van der Waals surface area contributed by atoms with Gasteiger partial charge in [-0.3, -0.25) is 4.79 Å². The number of nitrogens with zero attached hydrogens (tertiary/aromatic N) is 1. The normalized spacial score (nSPS) is 20.8. The van der Waals surface area contributed by atoms with E-state index in [1.807, 2.05) is 4.90 Å². The van der Waals surface area contributed by atoms with E-state index < -0.39 is 0 Å². The van der Waals surface area contributed by atoms with Gasteiger partial charge in [-0.15, -0.1) is 0 Å². The molecule has 1 N–H and O–H groups in total. The van der Waals surface area contributed by atoms with Gasteiger partial charge in [0.25, 0.3) is 0 Å². The Bertz CT molecular complexity index is 212. The number of hydrogen-bond acceptors (Lipinski definition) is 2. The highest BCUT2D eigenvalue weighted by atomic mass is 16.3. The van der Waals surface area contributed by atoms with Crippen LogP contribution in [0.3, 0.4) is 0 Å². The lowest BCUT2D eigenvalue weighted by Gasteiger charge is -2.23. The van der Waals surface area contributed by atoms with Gasteiger partial charge in [0.1, 0.15) is 0 Å². The Morgan fingerprint density at radius 1 is 1.38 bits per heavy atom. The number of carbonyl (C=O) groups excluding carboxylic acids is 1. The van der Waals surface area contributed by atoms with Gasteiger partial charge < -0.3 is 10.0 Å². The van der Waals surface area contributed by atoms with E-state index in [-0.39, 0.29) is 12.5 Å². The molecule has 94 valence electrons. The van der Waals surface area contributed by atoms with Crippen molar-refractivity contribution in [2.24, 2.45) is 11.8 Å². The minimum absolute atomic E-state index is 0.215. The van der Waals surface area contributed by atoms with Crippen molar-refractivity contribution >= 4 is 5.91 Å². The molecule has 0 aliphatic carbocycles. The van der Waals surface area contributed by atoms with Crippen LogP contribution in [-0.4, -0.2) is 35.6 Å². The van der Waals surface area contributed by atoms with Gasteiger partial charge in [0.15, 0.2) is 0 Å². The van der Waals surface area contributed by atoms with E-state index in [0.717, 1.165) is 45.2 Å². The number of aliphatic hydroxyl groups excluding tert-OH is 1. The highest BCUT2D eigenvalue weighted by molar-refractivity contribution is 5.79. The molecule has 1 aliphatic rings. The van der Waals surface area contributed by atoms with Gasteiger partial charge in [-0.25, -0.2) is 0 Å². The lowest BCUT2D eigenvalue weighted by atomic mass is 9.97. The third-order valence-electron chi connectivity index (χ3n) is 3.48. The molecule has 3 heteroatoms. The summed E-state index contributed by atoms with van der Waals surface area (Å²) in [5.74, 6) is 0.847. The molecule has 0 spiro atoms. The van der Waals surface area contributed by atoms with E-state index in [9.17, 15) is 4.79 Å². The van der Waals surface area contributed by atoms with Gasteiger partial charge in [0.2, 0.25) is 5.91 Å². The van der Waals surface area contributed by atoms with Crippen LogP contribution in [0.25, 0.3) is 0 Å². The van der Waals surface area contributed by atoms with Crippen LogP contribution in [0, 0.1) is 11.8 Å². The predicted octanol–water partition coefficient (Wildman–Crippen LogP) is 2.04. The number of rotatable bonds is 6. The van der Waals surface area contributed by atoms with Crippen LogP contribution in [-0.2, 0) is 4.79 Å². The Balaban J connectivity index is 2.47. The summed E-state index contributed by atoms with van der Waals surface area (Å²) in [4.78, 5) is 14.2. The van der Waals surface area contributed by atoms with Gasteiger partial charge in [-0.05, 0) is 19.3 Å². The Morgan fingerprint density at radius 3 is 2.44 bits per heavy atom. The maximum Gasteiger partial charge on any atom is 0.225 e. The number of likely N-dealkylation sites (tertiary alicyclic amines) is 1. The molecule has 1 heterocycles. The summed E-state index contributed by atoms with van der Waals surface area (Å²) in [7, 11) is 0. The van der Waals surface area contributed by atoms with E-state index in [4.69, 9.17) is 5.11 Å². The molecule has 0 aromatic heterocycles. The number of carbonyl (C=O) groups is 1. The maximum absolute atomic E-state index is 12.2.